The van der Waals surface area contributed by atoms with Gasteiger partial charge in [0.25, 0.3) is 5.91 Å². The number of rotatable bonds is 9. The van der Waals surface area contributed by atoms with E-state index in [0.717, 1.165) is 36.2 Å². The molecule has 0 spiro atoms. The number of nitro benzene ring substituents is 1. The monoisotopic (exact) mass is 528 g/mol. The standard InChI is InChI=1S/C29H28N4O6/c1-3-4-19-5-7-20(8-6-19)18(2)30-23-12-9-21(10-13-23)24-15-16-39-27(24)29(36)32-31-28(35)22-11-14-26(34)25(17-22)33(37)38/h5-18,30,34H,3-4H2,1-2H3,(H,31,35)(H,32,36). The lowest BCUT2D eigenvalue weighted by atomic mass is 10.0. The zero-order valence-corrected chi connectivity index (χ0v) is 21.4. The molecule has 0 aliphatic heterocycles. The highest BCUT2D eigenvalue weighted by atomic mass is 16.6. The fourth-order valence-electron chi connectivity index (χ4n) is 4.11. The molecule has 10 heteroatoms. The number of aromatic hydroxyl groups is 1. The molecule has 3 aromatic carbocycles. The zero-order valence-electron chi connectivity index (χ0n) is 21.4. The average molecular weight is 529 g/mol. The smallest absolute Gasteiger partial charge is 0.311 e. The molecular formula is C29H28N4O6. The van der Waals surface area contributed by atoms with Crippen molar-refractivity contribution in [2.45, 2.75) is 32.7 Å². The van der Waals surface area contributed by atoms with Crippen LogP contribution in [0, 0.1) is 10.1 Å². The van der Waals surface area contributed by atoms with E-state index >= 15 is 0 Å². The van der Waals surface area contributed by atoms with Gasteiger partial charge in [0.1, 0.15) is 0 Å². The van der Waals surface area contributed by atoms with E-state index in [1.807, 2.05) is 24.3 Å². The van der Waals surface area contributed by atoms with Crippen LogP contribution in [-0.4, -0.2) is 21.8 Å². The molecule has 1 aromatic heterocycles. The molecule has 200 valence electrons. The molecule has 4 rings (SSSR count). The third-order valence-electron chi connectivity index (χ3n) is 6.19. The Morgan fingerprint density at radius 2 is 1.67 bits per heavy atom. The Morgan fingerprint density at radius 3 is 2.33 bits per heavy atom. The fourth-order valence-corrected chi connectivity index (χ4v) is 4.11. The maximum absolute atomic E-state index is 12.7. The first kappa shape index (κ1) is 26.9. The Balaban J connectivity index is 1.39. The van der Waals surface area contributed by atoms with E-state index in [9.17, 15) is 24.8 Å². The number of anilines is 1. The number of carbonyl (C=O) groups excluding carboxylic acids is 2. The van der Waals surface area contributed by atoms with Gasteiger partial charge in [0.15, 0.2) is 5.75 Å². The molecule has 0 radical (unpaired) electrons. The number of benzene rings is 3. The Morgan fingerprint density at radius 1 is 0.974 bits per heavy atom. The second kappa shape index (κ2) is 12.0. The summed E-state index contributed by atoms with van der Waals surface area (Å²) in [4.78, 5) is 35.3. The first-order chi connectivity index (χ1) is 18.8. The van der Waals surface area contributed by atoms with Crippen LogP contribution >= 0.6 is 0 Å². The topological polar surface area (TPSA) is 147 Å². The van der Waals surface area contributed by atoms with Crippen LogP contribution < -0.4 is 16.2 Å². The Kier molecular flexibility index (Phi) is 8.25. The highest BCUT2D eigenvalue weighted by Gasteiger charge is 2.20. The normalized spacial score (nSPS) is 11.4. The number of nitrogens with one attached hydrogen (secondary N) is 3. The number of aryl methyl sites for hydroxylation is 1. The lowest BCUT2D eigenvalue weighted by Crippen LogP contribution is -2.41. The SMILES string of the molecule is CCCc1ccc(C(C)Nc2ccc(-c3ccoc3C(=O)NNC(=O)c3ccc(O)c([N+](=O)[O-])c3)cc2)cc1. The molecule has 1 atom stereocenters. The summed E-state index contributed by atoms with van der Waals surface area (Å²) in [6, 6.07) is 21.0. The van der Waals surface area contributed by atoms with E-state index in [2.05, 4.69) is 54.3 Å². The van der Waals surface area contributed by atoms with Gasteiger partial charge in [-0.05, 0) is 60.4 Å². The van der Waals surface area contributed by atoms with Gasteiger partial charge < -0.3 is 14.8 Å². The molecule has 1 heterocycles. The number of phenolic OH excluding ortho intramolecular Hbond substituents is 1. The van der Waals surface area contributed by atoms with Crippen LogP contribution in [-0.2, 0) is 6.42 Å². The molecule has 0 saturated carbocycles. The first-order valence-electron chi connectivity index (χ1n) is 12.4. The van der Waals surface area contributed by atoms with Crippen molar-refractivity contribution in [2.75, 3.05) is 5.32 Å². The number of nitro groups is 1. The van der Waals surface area contributed by atoms with Gasteiger partial charge in [-0.15, -0.1) is 0 Å². The predicted molar refractivity (Wildman–Crippen MR) is 146 cm³/mol. The molecule has 0 aliphatic carbocycles. The van der Waals surface area contributed by atoms with Gasteiger partial charge in [-0.25, -0.2) is 0 Å². The number of amides is 2. The minimum absolute atomic E-state index is 0.0202. The lowest BCUT2D eigenvalue weighted by Gasteiger charge is -2.16. The van der Waals surface area contributed by atoms with Crippen molar-refractivity contribution in [2.24, 2.45) is 0 Å². The van der Waals surface area contributed by atoms with Crippen molar-refractivity contribution in [1.82, 2.24) is 10.9 Å². The molecule has 10 nitrogen and oxygen atoms in total. The maximum Gasteiger partial charge on any atom is 0.311 e. The van der Waals surface area contributed by atoms with Crippen molar-refractivity contribution in [3.8, 4) is 16.9 Å². The first-order valence-corrected chi connectivity index (χ1v) is 12.4. The van der Waals surface area contributed by atoms with Crippen LogP contribution in [0.25, 0.3) is 11.1 Å². The summed E-state index contributed by atoms with van der Waals surface area (Å²) < 4.78 is 5.36. The summed E-state index contributed by atoms with van der Waals surface area (Å²) in [5.41, 5.74) is 8.36. The van der Waals surface area contributed by atoms with E-state index in [4.69, 9.17) is 4.42 Å². The number of nitrogens with zero attached hydrogens (tertiary/aromatic N) is 1. The Hall–Kier alpha value is -5.12. The van der Waals surface area contributed by atoms with E-state index in [-0.39, 0.29) is 17.4 Å². The van der Waals surface area contributed by atoms with Gasteiger partial charge >= 0.3 is 11.6 Å². The largest absolute Gasteiger partial charge is 0.502 e. The molecular weight excluding hydrogens is 500 g/mol. The van der Waals surface area contributed by atoms with Crippen LogP contribution in [0.2, 0.25) is 0 Å². The van der Waals surface area contributed by atoms with E-state index in [1.54, 1.807) is 6.07 Å². The highest BCUT2D eigenvalue weighted by Crippen LogP contribution is 2.28. The number of furan rings is 1. The molecule has 0 saturated heterocycles. The summed E-state index contributed by atoms with van der Waals surface area (Å²) in [5, 5.41) is 24.0. The lowest BCUT2D eigenvalue weighted by molar-refractivity contribution is -0.385. The minimum atomic E-state index is -0.814. The van der Waals surface area contributed by atoms with Gasteiger partial charge in [-0.3, -0.25) is 30.6 Å². The average Bonchev–Trinajstić information content (AvgIpc) is 3.43. The molecule has 4 aromatic rings. The quantitative estimate of drug-likeness (QED) is 0.159. The van der Waals surface area contributed by atoms with Crippen LogP contribution in [0.15, 0.2) is 83.5 Å². The number of carbonyl (C=O) groups is 2. The second-order valence-electron chi connectivity index (χ2n) is 8.97. The van der Waals surface area contributed by atoms with Crippen molar-refractivity contribution >= 4 is 23.2 Å². The Labute approximate surface area is 224 Å². The number of hydrogen-bond donors (Lipinski definition) is 4. The molecule has 0 bridgehead atoms. The molecule has 2 amide bonds. The van der Waals surface area contributed by atoms with Crippen LogP contribution in [0.5, 0.6) is 5.75 Å². The van der Waals surface area contributed by atoms with Crippen LogP contribution in [0.3, 0.4) is 0 Å². The molecule has 4 N–H and O–H groups in total. The van der Waals surface area contributed by atoms with Crippen molar-refractivity contribution in [1.29, 1.82) is 0 Å². The molecule has 1 unspecified atom stereocenters. The molecule has 0 aliphatic rings. The predicted octanol–water partition coefficient (Wildman–Crippen LogP) is 5.76. The third-order valence-corrected chi connectivity index (χ3v) is 6.19. The van der Waals surface area contributed by atoms with Crippen molar-refractivity contribution in [3.05, 3.63) is 112 Å². The van der Waals surface area contributed by atoms with Gasteiger partial charge in [-0.2, -0.15) is 0 Å². The highest BCUT2D eigenvalue weighted by molar-refractivity contribution is 6.01. The zero-order chi connectivity index (χ0) is 27.9. The number of phenols is 1. The van der Waals surface area contributed by atoms with E-state index in [0.29, 0.717) is 5.56 Å². The summed E-state index contributed by atoms with van der Waals surface area (Å²) in [7, 11) is 0. The summed E-state index contributed by atoms with van der Waals surface area (Å²) in [5.74, 6) is -2.10. The minimum Gasteiger partial charge on any atom is -0.502 e. The summed E-state index contributed by atoms with van der Waals surface area (Å²) >= 11 is 0. The maximum atomic E-state index is 12.7. The van der Waals surface area contributed by atoms with Gasteiger partial charge in [0.05, 0.1) is 11.2 Å². The van der Waals surface area contributed by atoms with Gasteiger partial charge in [-0.1, -0.05) is 49.7 Å². The summed E-state index contributed by atoms with van der Waals surface area (Å²) in [6.07, 6.45) is 3.54. The van der Waals surface area contributed by atoms with E-state index in [1.165, 1.54) is 23.5 Å². The van der Waals surface area contributed by atoms with Crippen molar-refractivity contribution in [3.63, 3.8) is 0 Å². The Bertz CT molecular complexity index is 1480. The second-order valence-corrected chi connectivity index (χ2v) is 8.97. The molecule has 0 fully saturated rings. The van der Waals surface area contributed by atoms with Gasteiger partial charge in [0.2, 0.25) is 5.76 Å². The fraction of sp³-hybridized carbons (Fsp3) is 0.172. The van der Waals surface area contributed by atoms with Crippen LogP contribution in [0.4, 0.5) is 11.4 Å². The molecule has 39 heavy (non-hydrogen) atoms. The van der Waals surface area contributed by atoms with Crippen molar-refractivity contribution < 1.29 is 24.0 Å². The summed E-state index contributed by atoms with van der Waals surface area (Å²) in [6.45, 7) is 4.25. The van der Waals surface area contributed by atoms with Crippen LogP contribution in [0.1, 0.15) is 58.3 Å². The third kappa shape index (κ3) is 6.42. The van der Waals surface area contributed by atoms with E-state index < -0.39 is 28.2 Å². The van der Waals surface area contributed by atoms with Gasteiger partial charge in [0, 0.05) is 28.9 Å². The number of hydrazine groups is 1. The number of hydrogen-bond acceptors (Lipinski definition) is 7.